The maximum Gasteiger partial charge on any atom is 0.255 e. The Bertz CT molecular complexity index is 1410. The maximum absolute atomic E-state index is 12.5. The van der Waals surface area contributed by atoms with Crippen molar-refractivity contribution in [3.8, 4) is 11.5 Å². The molecule has 174 valence electrons. The van der Waals surface area contributed by atoms with Crippen molar-refractivity contribution in [2.45, 2.75) is 6.92 Å². The van der Waals surface area contributed by atoms with E-state index in [0.29, 0.717) is 22.5 Å². The SMILES string of the molecule is Cc1cc(C(=O)Nc2ccccc2O)ccc1C=Cc1ccc(C(=O)Nc2ccccc2O)cc1. The fourth-order valence-corrected chi connectivity index (χ4v) is 3.48. The molecule has 0 saturated heterocycles. The van der Waals surface area contributed by atoms with Gasteiger partial charge < -0.3 is 20.8 Å². The number of anilines is 2. The van der Waals surface area contributed by atoms with Crippen LogP contribution < -0.4 is 10.6 Å². The Balaban J connectivity index is 1.41. The Morgan fingerprint density at radius 1 is 0.657 bits per heavy atom. The number of hydrogen-bond acceptors (Lipinski definition) is 4. The summed E-state index contributed by atoms with van der Waals surface area (Å²) in [6.07, 6.45) is 3.87. The molecule has 0 saturated carbocycles. The van der Waals surface area contributed by atoms with Crippen molar-refractivity contribution in [1.29, 1.82) is 0 Å². The molecular formula is C29H24N2O4. The van der Waals surface area contributed by atoms with Crippen molar-refractivity contribution in [2.24, 2.45) is 0 Å². The van der Waals surface area contributed by atoms with E-state index in [2.05, 4.69) is 10.6 Å². The molecule has 0 bridgehead atoms. The topological polar surface area (TPSA) is 98.7 Å². The highest BCUT2D eigenvalue weighted by Crippen LogP contribution is 2.24. The largest absolute Gasteiger partial charge is 0.506 e. The van der Waals surface area contributed by atoms with E-state index in [4.69, 9.17) is 0 Å². The number of para-hydroxylation sites is 4. The third-order valence-corrected chi connectivity index (χ3v) is 5.46. The fourth-order valence-electron chi connectivity index (χ4n) is 3.48. The van der Waals surface area contributed by atoms with Crippen LogP contribution in [0.4, 0.5) is 11.4 Å². The summed E-state index contributed by atoms with van der Waals surface area (Å²) in [4.78, 5) is 25.0. The molecule has 0 heterocycles. The van der Waals surface area contributed by atoms with Gasteiger partial charge in [0.1, 0.15) is 11.5 Å². The highest BCUT2D eigenvalue weighted by molar-refractivity contribution is 6.06. The van der Waals surface area contributed by atoms with Crippen LogP contribution in [0.3, 0.4) is 0 Å². The second kappa shape index (κ2) is 10.4. The minimum atomic E-state index is -0.310. The van der Waals surface area contributed by atoms with Crippen LogP contribution in [-0.2, 0) is 0 Å². The zero-order chi connectivity index (χ0) is 24.8. The van der Waals surface area contributed by atoms with Gasteiger partial charge in [-0.2, -0.15) is 0 Å². The number of carbonyl (C=O) groups excluding carboxylic acids is 2. The predicted molar refractivity (Wildman–Crippen MR) is 139 cm³/mol. The smallest absolute Gasteiger partial charge is 0.255 e. The van der Waals surface area contributed by atoms with Crippen LogP contribution >= 0.6 is 0 Å². The van der Waals surface area contributed by atoms with E-state index in [1.165, 1.54) is 12.1 Å². The van der Waals surface area contributed by atoms with E-state index in [1.54, 1.807) is 60.7 Å². The molecular weight excluding hydrogens is 440 g/mol. The lowest BCUT2D eigenvalue weighted by Crippen LogP contribution is -2.12. The standard InChI is InChI=1S/C29H24N2O4/c1-19-18-23(29(35)31-25-7-3-5-9-27(25)33)17-16-21(19)13-10-20-11-14-22(15-12-20)28(34)30-24-6-2-4-8-26(24)32/h2-18,32-33H,1H3,(H,30,34)(H,31,35). The third-order valence-electron chi connectivity index (χ3n) is 5.46. The van der Waals surface area contributed by atoms with E-state index in [1.807, 2.05) is 37.3 Å². The summed E-state index contributed by atoms with van der Waals surface area (Å²) >= 11 is 0. The number of aromatic hydroxyl groups is 2. The Morgan fingerprint density at radius 2 is 1.17 bits per heavy atom. The second-order valence-electron chi connectivity index (χ2n) is 7.97. The Labute approximate surface area is 203 Å². The summed E-state index contributed by atoms with van der Waals surface area (Å²) < 4.78 is 0. The van der Waals surface area contributed by atoms with Gasteiger partial charge in [-0.3, -0.25) is 9.59 Å². The van der Waals surface area contributed by atoms with Crippen LogP contribution in [0.1, 0.15) is 37.4 Å². The van der Waals surface area contributed by atoms with Gasteiger partial charge in [0, 0.05) is 11.1 Å². The van der Waals surface area contributed by atoms with Crippen LogP contribution in [0.25, 0.3) is 12.2 Å². The van der Waals surface area contributed by atoms with Gasteiger partial charge in [-0.15, -0.1) is 0 Å². The predicted octanol–water partition coefficient (Wildman–Crippen LogP) is 6.08. The number of rotatable bonds is 6. The van der Waals surface area contributed by atoms with Gasteiger partial charge in [0.2, 0.25) is 0 Å². The molecule has 0 aliphatic rings. The van der Waals surface area contributed by atoms with Gasteiger partial charge in [0.25, 0.3) is 11.8 Å². The number of phenols is 2. The molecule has 0 aromatic heterocycles. The average Bonchev–Trinajstić information content (AvgIpc) is 2.86. The lowest BCUT2D eigenvalue weighted by Gasteiger charge is -2.09. The molecule has 2 amide bonds. The van der Waals surface area contributed by atoms with Crippen molar-refractivity contribution in [3.05, 3.63) is 119 Å². The van der Waals surface area contributed by atoms with E-state index in [0.717, 1.165) is 16.7 Å². The number of hydrogen-bond donors (Lipinski definition) is 4. The first kappa shape index (κ1) is 23.3. The van der Waals surface area contributed by atoms with Gasteiger partial charge in [0.05, 0.1) is 11.4 Å². The summed E-state index contributed by atoms with van der Waals surface area (Å²) in [5.41, 5.74) is 4.45. The summed E-state index contributed by atoms with van der Waals surface area (Å²) in [5.74, 6) is -0.588. The highest BCUT2D eigenvalue weighted by atomic mass is 16.3. The molecule has 0 atom stereocenters. The van der Waals surface area contributed by atoms with Gasteiger partial charge in [-0.1, -0.05) is 54.6 Å². The Morgan fingerprint density at radius 3 is 1.71 bits per heavy atom. The number of carbonyl (C=O) groups is 2. The zero-order valence-corrected chi connectivity index (χ0v) is 19.0. The van der Waals surface area contributed by atoms with Crippen LogP contribution in [-0.4, -0.2) is 22.0 Å². The second-order valence-corrected chi connectivity index (χ2v) is 7.97. The number of amides is 2. The molecule has 4 N–H and O–H groups in total. The molecule has 0 fully saturated rings. The van der Waals surface area contributed by atoms with Crippen LogP contribution in [0, 0.1) is 6.92 Å². The number of aryl methyl sites for hydroxylation is 1. The summed E-state index contributed by atoms with van der Waals surface area (Å²) in [5, 5.41) is 25.1. The molecule has 0 aliphatic heterocycles. The van der Waals surface area contributed by atoms with Crippen molar-refractivity contribution in [1.82, 2.24) is 0 Å². The minimum Gasteiger partial charge on any atom is -0.506 e. The Kier molecular flexibility index (Phi) is 6.93. The van der Waals surface area contributed by atoms with E-state index in [-0.39, 0.29) is 23.3 Å². The van der Waals surface area contributed by atoms with E-state index >= 15 is 0 Å². The first-order chi connectivity index (χ1) is 16.9. The molecule has 4 aromatic carbocycles. The van der Waals surface area contributed by atoms with Gasteiger partial charge in [0.15, 0.2) is 0 Å². The normalized spacial score (nSPS) is 10.8. The summed E-state index contributed by atoms with van der Waals surface area (Å²) in [6, 6.07) is 25.6. The molecule has 35 heavy (non-hydrogen) atoms. The first-order valence-electron chi connectivity index (χ1n) is 11.0. The summed E-state index contributed by atoms with van der Waals surface area (Å²) in [7, 11) is 0. The van der Waals surface area contributed by atoms with Crippen molar-refractivity contribution >= 4 is 35.3 Å². The monoisotopic (exact) mass is 464 g/mol. The van der Waals surface area contributed by atoms with Gasteiger partial charge in [-0.05, 0) is 72.1 Å². The average molecular weight is 465 g/mol. The Hall–Kier alpha value is -4.84. The number of benzene rings is 4. The molecule has 4 aromatic rings. The van der Waals surface area contributed by atoms with Crippen LogP contribution in [0.5, 0.6) is 11.5 Å². The van der Waals surface area contributed by atoms with E-state index in [9.17, 15) is 19.8 Å². The third kappa shape index (κ3) is 5.75. The number of phenolic OH excluding ortho intramolecular Hbond substituents is 2. The van der Waals surface area contributed by atoms with E-state index < -0.39 is 0 Å². The molecule has 0 spiro atoms. The van der Waals surface area contributed by atoms with Gasteiger partial charge in [-0.25, -0.2) is 0 Å². The molecule has 4 rings (SSSR count). The minimum absolute atomic E-state index is 0.0116. The first-order valence-corrected chi connectivity index (χ1v) is 11.0. The molecule has 0 aliphatic carbocycles. The lowest BCUT2D eigenvalue weighted by atomic mass is 10.0. The highest BCUT2D eigenvalue weighted by Gasteiger charge is 2.10. The quantitative estimate of drug-likeness (QED) is 0.205. The molecule has 6 heteroatoms. The fraction of sp³-hybridized carbons (Fsp3) is 0.0345. The van der Waals surface area contributed by atoms with Crippen LogP contribution in [0.15, 0.2) is 91.0 Å². The van der Waals surface area contributed by atoms with Crippen molar-refractivity contribution < 1.29 is 19.8 Å². The number of nitrogens with one attached hydrogen (secondary N) is 2. The zero-order valence-electron chi connectivity index (χ0n) is 19.0. The summed E-state index contributed by atoms with van der Waals surface area (Å²) in [6.45, 7) is 1.92. The molecule has 6 nitrogen and oxygen atoms in total. The molecule has 0 unspecified atom stereocenters. The van der Waals surface area contributed by atoms with Gasteiger partial charge >= 0.3 is 0 Å². The maximum atomic E-state index is 12.5. The lowest BCUT2D eigenvalue weighted by molar-refractivity contribution is 0.101. The van der Waals surface area contributed by atoms with Crippen LogP contribution in [0.2, 0.25) is 0 Å². The van der Waals surface area contributed by atoms with Crippen molar-refractivity contribution in [3.63, 3.8) is 0 Å². The van der Waals surface area contributed by atoms with Crippen molar-refractivity contribution in [2.75, 3.05) is 10.6 Å². The molecule has 0 radical (unpaired) electrons.